The van der Waals surface area contributed by atoms with Crippen molar-refractivity contribution >= 4 is 56.7 Å². The Kier molecular flexibility index (Phi) is 7.52. The quantitative estimate of drug-likeness (QED) is 0.200. The van der Waals surface area contributed by atoms with E-state index in [-0.39, 0.29) is 0 Å². The van der Waals surface area contributed by atoms with Gasteiger partial charge in [0.05, 0.1) is 10.5 Å². The Morgan fingerprint density at radius 3 is 2.55 bits per heavy atom. The lowest BCUT2D eigenvalue weighted by molar-refractivity contribution is 0.219. The summed E-state index contributed by atoms with van der Waals surface area (Å²) in [4.78, 5) is 4.52. The number of benzene rings is 2. The fourth-order valence-electron chi connectivity index (χ4n) is 3.10. The fourth-order valence-corrected chi connectivity index (χ4v) is 3.89. The molecule has 29 heavy (non-hydrogen) atoms. The number of rotatable bonds is 6. The summed E-state index contributed by atoms with van der Waals surface area (Å²) in [6, 6.07) is 15.6. The number of nitrogens with zero attached hydrogens (tertiary/aromatic N) is 1. The molecule has 0 amide bonds. The molecule has 3 rings (SSSR count). The third kappa shape index (κ3) is 5.28. The summed E-state index contributed by atoms with van der Waals surface area (Å²) in [5.74, 6) is 0. The van der Waals surface area contributed by atoms with Gasteiger partial charge >= 0.3 is 0 Å². The van der Waals surface area contributed by atoms with Crippen LogP contribution in [0.15, 0.2) is 82.5 Å². The van der Waals surface area contributed by atoms with Gasteiger partial charge in [0.2, 0.25) is 0 Å². The molecule has 0 bridgehead atoms. The number of halogens is 3. The Morgan fingerprint density at radius 2 is 1.90 bits per heavy atom. The molecule has 1 unspecified atom stereocenters. The molecule has 2 aromatic carbocycles. The van der Waals surface area contributed by atoms with E-state index in [9.17, 15) is 5.11 Å². The Bertz CT molecular complexity index is 1110. The molecule has 2 nitrogen and oxygen atoms in total. The zero-order valence-corrected chi connectivity index (χ0v) is 19.5. The van der Waals surface area contributed by atoms with E-state index in [1.54, 1.807) is 0 Å². The topological polar surface area (TPSA) is 33.1 Å². The second-order valence-electron chi connectivity index (χ2n) is 6.61. The van der Waals surface area contributed by atoms with Crippen molar-refractivity contribution in [1.82, 2.24) is 4.98 Å². The summed E-state index contributed by atoms with van der Waals surface area (Å²) in [7, 11) is 0. The highest BCUT2D eigenvalue weighted by molar-refractivity contribution is 14.1. The second-order valence-corrected chi connectivity index (χ2v) is 8.73. The van der Waals surface area contributed by atoms with Crippen molar-refractivity contribution in [3.63, 3.8) is 0 Å². The molecule has 0 aliphatic carbocycles. The first-order chi connectivity index (χ1) is 13.9. The SMILES string of the molecule is C=C(I)/C=C\C(=C/C)C(O)c1ccc2nc(Cl)c(Cc3ccccc3)c(Cl)c2c1. The molecule has 0 saturated heterocycles. The molecular formula is C24H20Cl2INO. The zero-order valence-electron chi connectivity index (χ0n) is 15.9. The van der Waals surface area contributed by atoms with Crippen LogP contribution in [0.4, 0.5) is 0 Å². The lowest BCUT2D eigenvalue weighted by Gasteiger charge is -2.15. The van der Waals surface area contributed by atoms with Crippen LogP contribution in [-0.4, -0.2) is 10.1 Å². The number of aliphatic hydroxyl groups is 1. The highest BCUT2D eigenvalue weighted by atomic mass is 127. The van der Waals surface area contributed by atoms with Crippen molar-refractivity contribution in [1.29, 1.82) is 0 Å². The van der Waals surface area contributed by atoms with Crippen LogP contribution >= 0.6 is 45.8 Å². The van der Waals surface area contributed by atoms with Gasteiger partial charge in [-0.3, -0.25) is 0 Å². The number of hydrogen-bond acceptors (Lipinski definition) is 2. The Balaban J connectivity index is 2.03. The van der Waals surface area contributed by atoms with Crippen LogP contribution in [0.1, 0.15) is 29.7 Å². The van der Waals surface area contributed by atoms with Gasteiger partial charge < -0.3 is 5.11 Å². The maximum absolute atomic E-state index is 10.9. The number of allylic oxidation sites excluding steroid dienone is 3. The van der Waals surface area contributed by atoms with E-state index in [1.165, 1.54) is 0 Å². The van der Waals surface area contributed by atoms with Crippen LogP contribution in [-0.2, 0) is 6.42 Å². The number of aliphatic hydroxyl groups excluding tert-OH is 1. The molecule has 1 N–H and O–H groups in total. The summed E-state index contributed by atoms with van der Waals surface area (Å²) >= 11 is 15.3. The standard InChI is InChI=1S/C24H20Cl2INO/c1-3-17(10-9-15(2)27)23(29)18-11-12-21-19(14-18)22(25)20(24(26)28-21)13-16-7-5-4-6-8-16/h3-12,14,23,29H,2,13H2,1H3/b10-9-,17-3+. The van der Waals surface area contributed by atoms with Crippen LogP contribution in [0.2, 0.25) is 10.2 Å². The fraction of sp³-hybridized carbons (Fsp3) is 0.125. The first kappa shape index (κ1) is 22.0. The maximum Gasteiger partial charge on any atom is 0.134 e. The third-order valence-electron chi connectivity index (χ3n) is 4.63. The Labute approximate surface area is 194 Å². The van der Waals surface area contributed by atoms with Crippen molar-refractivity contribution < 1.29 is 5.11 Å². The van der Waals surface area contributed by atoms with E-state index in [4.69, 9.17) is 23.2 Å². The van der Waals surface area contributed by atoms with Crippen molar-refractivity contribution in [2.75, 3.05) is 0 Å². The lowest BCUT2D eigenvalue weighted by atomic mass is 9.98. The van der Waals surface area contributed by atoms with Crippen LogP contribution in [0.3, 0.4) is 0 Å². The number of aromatic nitrogens is 1. The monoisotopic (exact) mass is 535 g/mol. The molecule has 1 aromatic heterocycles. The molecule has 1 atom stereocenters. The summed E-state index contributed by atoms with van der Waals surface area (Å²) in [6.45, 7) is 5.75. The first-order valence-electron chi connectivity index (χ1n) is 9.09. The predicted molar refractivity (Wildman–Crippen MR) is 132 cm³/mol. The van der Waals surface area contributed by atoms with Crippen LogP contribution < -0.4 is 0 Å². The van der Waals surface area contributed by atoms with Gasteiger partial charge in [-0.15, -0.1) is 0 Å². The predicted octanol–water partition coefficient (Wildman–Crippen LogP) is 7.62. The summed E-state index contributed by atoms with van der Waals surface area (Å²) < 4.78 is 0.889. The molecule has 0 aliphatic rings. The molecule has 0 aliphatic heterocycles. The summed E-state index contributed by atoms with van der Waals surface area (Å²) in [5.41, 5.74) is 4.11. The molecule has 5 heteroatoms. The van der Waals surface area contributed by atoms with E-state index in [2.05, 4.69) is 34.2 Å². The van der Waals surface area contributed by atoms with E-state index in [0.717, 1.165) is 31.2 Å². The van der Waals surface area contributed by atoms with E-state index >= 15 is 0 Å². The van der Waals surface area contributed by atoms with Gasteiger partial charge in [-0.25, -0.2) is 4.98 Å². The molecule has 0 saturated carbocycles. The number of hydrogen-bond donors (Lipinski definition) is 1. The van der Waals surface area contributed by atoms with Gasteiger partial charge in [0.15, 0.2) is 0 Å². The summed E-state index contributed by atoms with van der Waals surface area (Å²) in [6.07, 6.45) is 5.43. The van der Waals surface area contributed by atoms with E-state index < -0.39 is 6.10 Å². The average molecular weight is 536 g/mol. The minimum absolute atomic E-state index is 0.400. The van der Waals surface area contributed by atoms with Gasteiger partial charge in [-0.05, 0) is 64.4 Å². The van der Waals surface area contributed by atoms with Crippen molar-refractivity contribution in [3.05, 3.63) is 109 Å². The zero-order chi connectivity index (χ0) is 21.0. The van der Waals surface area contributed by atoms with Crippen LogP contribution in [0.25, 0.3) is 10.9 Å². The highest BCUT2D eigenvalue weighted by Crippen LogP contribution is 2.35. The first-order valence-corrected chi connectivity index (χ1v) is 10.9. The molecular weight excluding hydrogens is 516 g/mol. The van der Waals surface area contributed by atoms with Crippen LogP contribution in [0.5, 0.6) is 0 Å². The largest absolute Gasteiger partial charge is 0.384 e. The van der Waals surface area contributed by atoms with Crippen molar-refractivity contribution in [3.8, 4) is 0 Å². The van der Waals surface area contributed by atoms with Crippen molar-refractivity contribution in [2.24, 2.45) is 0 Å². The van der Waals surface area contributed by atoms with Crippen molar-refractivity contribution in [2.45, 2.75) is 19.4 Å². The molecule has 0 fully saturated rings. The van der Waals surface area contributed by atoms with Gasteiger partial charge in [0.1, 0.15) is 11.3 Å². The lowest BCUT2D eigenvalue weighted by Crippen LogP contribution is -2.01. The molecule has 0 spiro atoms. The minimum atomic E-state index is -0.777. The molecule has 0 radical (unpaired) electrons. The molecule has 3 aromatic rings. The molecule has 1 heterocycles. The second kappa shape index (κ2) is 9.90. The normalized spacial score (nSPS) is 13.2. The number of pyridine rings is 1. The number of fused-ring (bicyclic) bond motifs is 1. The smallest absolute Gasteiger partial charge is 0.134 e. The van der Waals surface area contributed by atoms with Crippen LogP contribution in [0, 0.1) is 0 Å². The average Bonchev–Trinajstić information content (AvgIpc) is 2.71. The third-order valence-corrected chi connectivity index (χ3v) is 5.74. The van der Waals surface area contributed by atoms with Gasteiger partial charge in [-0.1, -0.05) is 78.3 Å². The Hall–Kier alpha value is -1.66. The maximum atomic E-state index is 10.9. The Morgan fingerprint density at radius 1 is 1.17 bits per heavy atom. The summed E-state index contributed by atoms with van der Waals surface area (Å²) in [5, 5.41) is 12.6. The van der Waals surface area contributed by atoms with E-state index in [1.807, 2.05) is 73.7 Å². The van der Waals surface area contributed by atoms with E-state index in [0.29, 0.717) is 22.1 Å². The van der Waals surface area contributed by atoms with Gasteiger partial charge in [0.25, 0.3) is 0 Å². The van der Waals surface area contributed by atoms with Gasteiger partial charge in [0, 0.05) is 21.0 Å². The van der Waals surface area contributed by atoms with Gasteiger partial charge in [-0.2, -0.15) is 0 Å². The highest BCUT2D eigenvalue weighted by Gasteiger charge is 2.16. The molecule has 148 valence electrons. The minimum Gasteiger partial charge on any atom is -0.384 e.